The average molecular weight is 344 g/mol. The first kappa shape index (κ1) is 15.6. The summed E-state index contributed by atoms with van der Waals surface area (Å²) in [5, 5.41) is 7.42. The minimum atomic E-state index is -0.739. The lowest BCUT2D eigenvalue weighted by Crippen LogP contribution is -2.10. The first-order valence-electron chi connectivity index (χ1n) is 5.77. The molecule has 2 aromatic rings. The number of carbonyl (C=O) groups is 1. The third kappa shape index (κ3) is 4.63. The second-order valence-corrected chi connectivity index (χ2v) is 5.13. The zero-order chi connectivity index (χ0) is 15.2. The number of oxime groups is 1. The van der Waals surface area contributed by atoms with E-state index in [1.54, 1.807) is 42.5 Å². The summed E-state index contributed by atoms with van der Waals surface area (Å²) in [5.74, 6) is 0. The van der Waals surface area contributed by atoms with E-state index < -0.39 is 6.09 Å². The van der Waals surface area contributed by atoms with Crippen molar-refractivity contribution in [3.8, 4) is 0 Å². The molecule has 0 aliphatic carbocycles. The molecule has 0 heterocycles. The van der Waals surface area contributed by atoms with Gasteiger partial charge in [0.2, 0.25) is 0 Å². The van der Waals surface area contributed by atoms with Crippen LogP contribution in [0, 0.1) is 0 Å². The number of nitrogens with one attached hydrogen (secondary N) is 1. The molecular weight excluding hydrogens is 335 g/mol. The summed E-state index contributed by atoms with van der Waals surface area (Å²) < 4.78 is 0. The van der Waals surface area contributed by atoms with Crippen molar-refractivity contribution in [1.29, 1.82) is 0 Å². The molecule has 2 aromatic carbocycles. The van der Waals surface area contributed by atoms with E-state index >= 15 is 0 Å². The molecule has 0 atom stereocenters. The summed E-state index contributed by atoms with van der Waals surface area (Å²) in [4.78, 5) is 16.2. The van der Waals surface area contributed by atoms with Gasteiger partial charge < -0.3 is 0 Å². The Bertz CT molecular complexity index is 652. The molecule has 0 saturated heterocycles. The minimum absolute atomic E-state index is 0.410. The standard InChI is InChI=1S/C14H9Cl3N2O2/c15-9-4-6-10(7-5-9)19-14(20)21-18-8-11-12(16)2-1-3-13(11)17/h1-8H,(H,19,20). The fourth-order valence-corrected chi connectivity index (χ4v) is 2.06. The summed E-state index contributed by atoms with van der Waals surface area (Å²) in [6.07, 6.45) is 0.531. The van der Waals surface area contributed by atoms with Crippen molar-refractivity contribution in [2.75, 3.05) is 5.32 Å². The van der Waals surface area contributed by atoms with E-state index in [-0.39, 0.29) is 0 Å². The lowest BCUT2D eigenvalue weighted by Gasteiger charge is -2.03. The summed E-state index contributed by atoms with van der Waals surface area (Å²) in [5.41, 5.74) is 1.01. The largest absolute Gasteiger partial charge is 0.437 e. The molecule has 0 fully saturated rings. The van der Waals surface area contributed by atoms with Gasteiger partial charge in [-0.15, -0.1) is 0 Å². The zero-order valence-electron chi connectivity index (χ0n) is 10.5. The van der Waals surface area contributed by atoms with Gasteiger partial charge in [0.15, 0.2) is 0 Å². The lowest BCUT2D eigenvalue weighted by molar-refractivity contribution is 0.167. The predicted octanol–water partition coefficient (Wildman–Crippen LogP) is 5.23. The summed E-state index contributed by atoms with van der Waals surface area (Å²) >= 11 is 17.6. The van der Waals surface area contributed by atoms with Gasteiger partial charge in [-0.2, -0.15) is 0 Å². The summed E-state index contributed by atoms with van der Waals surface area (Å²) in [6.45, 7) is 0. The molecule has 1 amide bonds. The molecule has 7 heteroatoms. The highest BCUT2D eigenvalue weighted by molar-refractivity contribution is 6.38. The van der Waals surface area contributed by atoms with E-state index in [2.05, 4.69) is 15.3 Å². The summed E-state index contributed by atoms with van der Waals surface area (Å²) in [6, 6.07) is 11.6. The van der Waals surface area contributed by atoms with Crippen molar-refractivity contribution in [3.63, 3.8) is 0 Å². The van der Waals surface area contributed by atoms with E-state index in [0.717, 1.165) is 0 Å². The highest BCUT2D eigenvalue weighted by Crippen LogP contribution is 2.22. The predicted molar refractivity (Wildman–Crippen MR) is 85.6 cm³/mol. The second-order valence-electron chi connectivity index (χ2n) is 3.88. The molecule has 4 nitrogen and oxygen atoms in total. The Morgan fingerprint density at radius 3 is 2.29 bits per heavy atom. The molecule has 2 rings (SSSR count). The first-order chi connectivity index (χ1) is 10.1. The minimum Gasteiger partial charge on any atom is -0.298 e. The van der Waals surface area contributed by atoms with E-state index in [4.69, 9.17) is 34.8 Å². The molecule has 0 spiro atoms. The van der Waals surface area contributed by atoms with E-state index in [1.165, 1.54) is 6.21 Å². The molecule has 108 valence electrons. The molecule has 0 saturated carbocycles. The van der Waals surface area contributed by atoms with Crippen LogP contribution in [0.5, 0.6) is 0 Å². The first-order valence-corrected chi connectivity index (χ1v) is 6.90. The van der Waals surface area contributed by atoms with Crippen molar-refractivity contribution < 1.29 is 9.63 Å². The van der Waals surface area contributed by atoms with Gasteiger partial charge in [0.1, 0.15) is 0 Å². The van der Waals surface area contributed by atoms with Crippen LogP contribution in [0.4, 0.5) is 10.5 Å². The molecule has 0 aromatic heterocycles. The van der Waals surface area contributed by atoms with Crippen LogP contribution in [0.15, 0.2) is 47.6 Å². The van der Waals surface area contributed by atoms with Crippen molar-refractivity contribution in [2.24, 2.45) is 5.16 Å². The topological polar surface area (TPSA) is 50.7 Å². The van der Waals surface area contributed by atoms with Crippen LogP contribution in [0.3, 0.4) is 0 Å². The Morgan fingerprint density at radius 1 is 1.05 bits per heavy atom. The van der Waals surface area contributed by atoms with Gasteiger partial charge in [-0.1, -0.05) is 46.0 Å². The fourth-order valence-electron chi connectivity index (χ4n) is 1.43. The molecule has 1 N–H and O–H groups in total. The second kappa shape index (κ2) is 7.31. The smallest absolute Gasteiger partial charge is 0.298 e. The molecule has 0 radical (unpaired) electrons. The van der Waals surface area contributed by atoms with Gasteiger partial charge in [-0.3, -0.25) is 10.2 Å². The number of hydrogen-bond acceptors (Lipinski definition) is 3. The van der Waals surface area contributed by atoms with Gasteiger partial charge in [-0.25, -0.2) is 4.79 Å². The zero-order valence-corrected chi connectivity index (χ0v) is 12.8. The number of halogens is 3. The number of amides is 1. The average Bonchev–Trinajstić information content (AvgIpc) is 2.45. The van der Waals surface area contributed by atoms with E-state index in [1.807, 2.05) is 0 Å². The Labute approximate surface area is 136 Å². The Morgan fingerprint density at radius 2 is 1.67 bits per heavy atom. The number of nitrogens with zero attached hydrogens (tertiary/aromatic N) is 1. The molecule has 0 bridgehead atoms. The van der Waals surface area contributed by atoms with Crippen LogP contribution in [0.2, 0.25) is 15.1 Å². The van der Waals surface area contributed by atoms with Crippen LogP contribution < -0.4 is 5.32 Å². The van der Waals surface area contributed by atoms with Crippen LogP contribution in [-0.2, 0) is 4.84 Å². The molecule has 0 aliphatic heterocycles. The van der Waals surface area contributed by atoms with Crippen LogP contribution in [0.1, 0.15) is 5.56 Å². The summed E-state index contributed by atoms with van der Waals surface area (Å²) in [7, 11) is 0. The number of hydrogen-bond donors (Lipinski definition) is 1. The molecule has 0 unspecified atom stereocenters. The third-order valence-corrected chi connectivity index (χ3v) is 3.32. The maximum absolute atomic E-state index is 11.5. The van der Waals surface area contributed by atoms with Gasteiger partial charge in [0.25, 0.3) is 0 Å². The number of benzene rings is 2. The van der Waals surface area contributed by atoms with Crippen LogP contribution >= 0.6 is 34.8 Å². The van der Waals surface area contributed by atoms with Crippen molar-refractivity contribution in [1.82, 2.24) is 0 Å². The fraction of sp³-hybridized carbons (Fsp3) is 0. The van der Waals surface area contributed by atoms with Crippen molar-refractivity contribution >= 4 is 52.8 Å². The number of rotatable bonds is 3. The molecule has 21 heavy (non-hydrogen) atoms. The van der Waals surface area contributed by atoms with Crippen molar-refractivity contribution in [3.05, 3.63) is 63.1 Å². The monoisotopic (exact) mass is 342 g/mol. The maximum Gasteiger partial charge on any atom is 0.437 e. The Hall–Kier alpha value is -1.75. The molecule has 0 aliphatic rings. The van der Waals surface area contributed by atoms with Gasteiger partial charge in [0.05, 0.1) is 16.3 Å². The van der Waals surface area contributed by atoms with Gasteiger partial charge in [-0.05, 0) is 36.4 Å². The highest BCUT2D eigenvalue weighted by Gasteiger charge is 2.04. The Kier molecular flexibility index (Phi) is 5.44. The van der Waals surface area contributed by atoms with E-state index in [0.29, 0.717) is 26.3 Å². The SMILES string of the molecule is O=C(Nc1ccc(Cl)cc1)ON=Cc1c(Cl)cccc1Cl. The van der Waals surface area contributed by atoms with Crippen LogP contribution in [0.25, 0.3) is 0 Å². The van der Waals surface area contributed by atoms with E-state index in [9.17, 15) is 4.79 Å². The highest BCUT2D eigenvalue weighted by atomic mass is 35.5. The van der Waals surface area contributed by atoms with Crippen molar-refractivity contribution in [2.45, 2.75) is 0 Å². The molecular formula is C14H9Cl3N2O2. The lowest BCUT2D eigenvalue weighted by atomic mass is 10.2. The van der Waals surface area contributed by atoms with Gasteiger partial charge in [0, 0.05) is 16.3 Å². The number of carbonyl (C=O) groups excluding carboxylic acids is 1. The normalized spacial score (nSPS) is 10.6. The maximum atomic E-state index is 11.5. The number of anilines is 1. The Balaban J connectivity index is 1.95. The quantitative estimate of drug-likeness (QED) is 0.471. The van der Waals surface area contributed by atoms with Crippen LogP contribution in [-0.4, -0.2) is 12.3 Å². The third-order valence-electron chi connectivity index (χ3n) is 2.41. The van der Waals surface area contributed by atoms with Gasteiger partial charge >= 0.3 is 6.09 Å².